The highest BCUT2D eigenvalue weighted by Gasteiger charge is 2.04. The molecule has 2 heterocycles. The molecule has 0 saturated carbocycles. The van der Waals surface area contributed by atoms with E-state index in [2.05, 4.69) is 46.2 Å². The standard InChI is InChI=1S/C16H17N3/c1-12(17)13-7-9-19(10-13)11-14-6-8-18-16-5-3-2-4-15(14)16/h2-10,12H,11,17H2,1H3. The fourth-order valence-corrected chi connectivity index (χ4v) is 2.32. The summed E-state index contributed by atoms with van der Waals surface area (Å²) in [6.07, 6.45) is 6.06. The number of fused-ring (bicyclic) bond motifs is 1. The van der Waals surface area contributed by atoms with Gasteiger partial charge < -0.3 is 10.3 Å². The molecule has 0 aliphatic heterocycles. The Balaban J connectivity index is 1.96. The quantitative estimate of drug-likeness (QED) is 0.777. The van der Waals surface area contributed by atoms with Crippen LogP contribution in [0.4, 0.5) is 0 Å². The van der Waals surface area contributed by atoms with Crippen LogP contribution in [0, 0.1) is 0 Å². The van der Waals surface area contributed by atoms with E-state index in [0.717, 1.165) is 12.1 Å². The lowest BCUT2D eigenvalue weighted by Crippen LogP contribution is -2.04. The molecular formula is C16H17N3. The Morgan fingerprint density at radius 2 is 2.05 bits per heavy atom. The van der Waals surface area contributed by atoms with Crippen LogP contribution in [0.15, 0.2) is 55.0 Å². The molecule has 0 radical (unpaired) electrons. The van der Waals surface area contributed by atoms with Crippen LogP contribution in [0.2, 0.25) is 0 Å². The van der Waals surface area contributed by atoms with Crippen molar-refractivity contribution >= 4 is 10.9 Å². The first kappa shape index (κ1) is 11.9. The van der Waals surface area contributed by atoms with Gasteiger partial charge in [0.15, 0.2) is 0 Å². The summed E-state index contributed by atoms with van der Waals surface area (Å²) in [5.41, 5.74) is 9.37. The molecule has 2 aromatic heterocycles. The minimum absolute atomic E-state index is 0.0791. The molecule has 96 valence electrons. The van der Waals surface area contributed by atoms with E-state index in [9.17, 15) is 0 Å². The van der Waals surface area contributed by atoms with Gasteiger partial charge in [0.2, 0.25) is 0 Å². The summed E-state index contributed by atoms with van der Waals surface area (Å²) >= 11 is 0. The van der Waals surface area contributed by atoms with Crippen LogP contribution in [0.5, 0.6) is 0 Å². The Labute approximate surface area is 112 Å². The zero-order valence-corrected chi connectivity index (χ0v) is 11.0. The Morgan fingerprint density at radius 1 is 1.21 bits per heavy atom. The lowest BCUT2D eigenvalue weighted by Gasteiger charge is -2.07. The summed E-state index contributed by atoms with van der Waals surface area (Å²) in [5, 5.41) is 1.21. The highest BCUT2D eigenvalue weighted by Crippen LogP contribution is 2.18. The van der Waals surface area contributed by atoms with E-state index in [-0.39, 0.29) is 6.04 Å². The molecule has 3 heteroatoms. The third-order valence-corrected chi connectivity index (χ3v) is 3.39. The molecule has 2 N–H and O–H groups in total. The van der Waals surface area contributed by atoms with Crippen molar-refractivity contribution in [3.8, 4) is 0 Å². The number of aromatic nitrogens is 2. The highest BCUT2D eigenvalue weighted by molar-refractivity contribution is 5.81. The minimum atomic E-state index is 0.0791. The van der Waals surface area contributed by atoms with Gasteiger partial charge in [0.05, 0.1) is 5.52 Å². The summed E-state index contributed by atoms with van der Waals surface area (Å²) in [6.45, 7) is 2.84. The van der Waals surface area contributed by atoms with Crippen molar-refractivity contribution in [3.05, 3.63) is 66.1 Å². The van der Waals surface area contributed by atoms with Crippen LogP contribution in [-0.4, -0.2) is 9.55 Å². The summed E-state index contributed by atoms with van der Waals surface area (Å²) < 4.78 is 2.17. The topological polar surface area (TPSA) is 43.8 Å². The number of hydrogen-bond donors (Lipinski definition) is 1. The maximum absolute atomic E-state index is 5.89. The molecule has 1 atom stereocenters. The number of hydrogen-bond acceptors (Lipinski definition) is 2. The van der Waals surface area contributed by atoms with E-state index >= 15 is 0 Å². The SMILES string of the molecule is CC(N)c1ccn(Cc2ccnc3ccccc23)c1. The van der Waals surface area contributed by atoms with E-state index < -0.39 is 0 Å². The molecule has 0 fully saturated rings. The van der Waals surface area contributed by atoms with Crippen molar-refractivity contribution in [1.29, 1.82) is 0 Å². The molecule has 0 amide bonds. The van der Waals surface area contributed by atoms with E-state index in [1.807, 2.05) is 25.3 Å². The fraction of sp³-hybridized carbons (Fsp3) is 0.188. The number of para-hydroxylation sites is 1. The van der Waals surface area contributed by atoms with Gasteiger partial charge in [-0.1, -0.05) is 18.2 Å². The molecule has 0 aliphatic carbocycles. The average Bonchev–Trinajstić information content (AvgIpc) is 2.88. The molecule has 0 saturated heterocycles. The van der Waals surface area contributed by atoms with Gasteiger partial charge in [0, 0.05) is 36.6 Å². The summed E-state index contributed by atoms with van der Waals surface area (Å²) in [5.74, 6) is 0. The lowest BCUT2D eigenvalue weighted by molar-refractivity contribution is 0.780. The number of nitrogens with zero attached hydrogens (tertiary/aromatic N) is 2. The Morgan fingerprint density at radius 3 is 2.84 bits per heavy atom. The van der Waals surface area contributed by atoms with Gasteiger partial charge in [0.25, 0.3) is 0 Å². The van der Waals surface area contributed by atoms with E-state index in [1.54, 1.807) is 0 Å². The Bertz CT molecular complexity index is 693. The third kappa shape index (κ3) is 2.37. The van der Waals surface area contributed by atoms with Crippen molar-refractivity contribution in [2.75, 3.05) is 0 Å². The Kier molecular flexibility index (Phi) is 3.05. The predicted octanol–water partition coefficient (Wildman–Crippen LogP) is 3.10. The second-order valence-electron chi connectivity index (χ2n) is 4.89. The van der Waals surface area contributed by atoms with Gasteiger partial charge in [-0.2, -0.15) is 0 Å². The van der Waals surface area contributed by atoms with Crippen molar-refractivity contribution in [1.82, 2.24) is 9.55 Å². The van der Waals surface area contributed by atoms with E-state index in [1.165, 1.54) is 16.5 Å². The van der Waals surface area contributed by atoms with Crippen LogP contribution in [0.25, 0.3) is 10.9 Å². The van der Waals surface area contributed by atoms with Gasteiger partial charge >= 0.3 is 0 Å². The molecule has 0 spiro atoms. The van der Waals surface area contributed by atoms with Gasteiger partial charge in [-0.3, -0.25) is 4.98 Å². The largest absolute Gasteiger partial charge is 0.350 e. The van der Waals surface area contributed by atoms with Gasteiger partial charge in [-0.15, -0.1) is 0 Å². The normalized spacial score (nSPS) is 12.7. The summed E-state index contributed by atoms with van der Waals surface area (Å²) in [6, 6.07) is 12.5. The number of nitrogens with two attached hydrogens (primary N) is 1. The first-order chi connectivity index (χ1) is 9.24. The van der Waals surface area contributed by atoms with E-state index in [0.29, 0.717) is 0 Å². The monoisotopic (exact) mass is 251 g/mol. The minimum Gasteiger partial charge on any atom is -0.350 e. The molecule has 19 heavy (non-hydrogen) atoms. The van der Waals surface area contributed by atoms with Crippen LogP contribution in [-0.2, 0) is 6.54 Å². The van der Waals surface area contributed by atoms with Crippen molar-refractivity contribution in [2.45, 2.75) is 19.5 Å². The molecular weight excluding hydrogens is 234 g/mol. The van der Waals surface area contributed by atoms with Crippen molar-refractivity contribution < 1.29 is 0 Å². The van der Waals surface area contributed by atoms with Crippen molar-refractivity contribution in [3.63, 3.8) is 0 Å². The van der Waals surface area contributed by atoms with Gasteiger partial charge in [0.1, 0.15) is 0 Å². The van der Waals surface area contributed by atoms with Crippen LogP contribution >= 0.6 is 0 Å². The zero-order valence-electron chi connectivity index (χ0n) is 11.0. The highest BCUT2D eigenvalue weighted by atomic mass is 14.9. The molecule has 0 aliphatic rings. The fourth-order valence-electron chi connectivity index (χ4n) is 2.32. The summed E-state index contributed by atoms with van der Waals surface area (Å²) in [7, 11) is 0. The molecule has 1 unspecified atom stereocenters. The Hall–Kier alpha value is -2.13. The number of pyridine rings is 1. The van der Waals surface area contributed by atoms with Crippen LogP contribution in [0.3, 0.4) is 0 Å². The molecule has 0 bridgehead atoms. The second-order valence-corrected chi connectivity index (χ2v) is 4.89. The third-order valence-electron chi connectivity index (χ3n) is 3.39. The van der Waals surface area contributed by atoms with Gasteiger partial charge in [-0.25, -0.2) is 0 Å². The number of benzene rings is 1. The maximum atomic E-state index is 5.89. The first-order valence-electron chi connectivity index (χ1n) is 6.48. The molecule has 1 aromatic carbocycles. The van der Waals surface area contributed by atoms with Crippen LogP contribution < -0.4 is 5.73 Å². The lowest BCUT2D eigenvalue weighted by atomic mass is 10.1. The van der Waals surface area contributed by atoms with Gasteiger partial charge in [-0.05, 0) is 36.2 Å². The predicted molar refractivity (Wildman–Crippen MR) is 77.9 cm³/mol. The number of rotatable bonds is 3. The molecule has 3 nitrogen and oxygen atoms in total. The van der Waals surface area contributed by atoms with Crippen molar-refractivity contribution in [2.24, 2.45) is 5.73 Å². The van der Waals surface area contributed by atoms with Crippen LogP contribution in [0.1, 0.15) is 24.1 Å². The maximum Gasteiger partial charge on any atom is 0.0705 e. The molecule has 3 rings (SSSR count). The second kappa shape index (κ2) is 4.86. The first-order valence-corrected chi connectivity index (χ1v) is 6.48. The average molecular weight is 251 g/mol. The zero-order chi connectivity index (χ0) is 13.2. The molecule has 3 aromatic rings. The smallest absolute Gasteiger partial charge is 0.0705 e. The summed E-state index contributed by atoms with van der Waals surface area (Å²) in [4.78, 5) is 4.39. The van der Waals surface area contributed by atoms with E-state index in [4.69, 9.17) is 5.73 Å².